The molecule has 0 aliphatic heterocycles. The van der Waals surface area contributed by atoms with Gasteiger partial charge in [-0.1, -0.05) is 6.07 Å². The Morgan fingerprint density at radius 3 is 2.59 bits per heavy atom. The van der Waals surface area contributed by atoms with E-state index in [9.17, 15) is 14.0 Å². The smallest absolute Gasteiger partial charge is 0.352 e. The Labute approximate surface area is 105 Å². The van der Waals surface area contributed by atoms with E-state index in [-0.39, 0.29) is 10.2 Å². The lowest BCUT2D eigenvalue weighted by molar-refractivity contribution is -0.134. The summed E-state index contributed by atoms with van der Waals surface area (Å²) in [5.41, 5.74) is 0.195. The Bertz CT molecular complexity index is 499. The number of hydrogen-bond acceptors (Lipinski definition) is 2. The van der Waals surface area contributed by atoms with E-state index in [2.05, 4.69) is 21.2 Å². The minimum absolute atomic E-state index is 0.221. The highest BCUT2D eigenvalue weighted by atomic mass is 79.9. The van der Waals surface area contributed by atoms with E-state index in [4.69, 9.17) is 5.11 Å². The van der Waals surface area contributed by atoms with Crippen LogP contribution >= 0.6 is 15.9 Å². The van der Waals surface area contributed by atoms with Crippen LogP contribution in [0.3, 0.4) is 0 Å². The Kier molecular flexibility index (Phi) is 4.39. The van der Waals surface area contributed by atoms with E-state index in [1.165, 1.54) is 31.2 Å². The average molecular weight is 302 g/mol. The number of hydrogen-bond donors (Lipinski definition) is 2. The first kappa shape index (κ1) is 13.4. The van der Waals surface area contributed by atoms with Crippen LogP contribution in [0.2, 0.25) is 0 Å². The topological polar surface area (TPSA) is 66.4 Å². The van der Waals surface area contributed by atoms with E-state index in [0.29, 0.717) is 5.56 Å². The van der Waals surface area contributed by atoms with Gasteiger partial charge in [-0.2, -0.15) is 0 Å². The number of aliphatic carboxylic acids is 1. The molecule has 0 bridgehead atoms. The normalized spacial score (nSPS) is 11.1. The summed E-state index contributed by atoms with van der Waals surface area (Å²) in [6.45, 7) is 1.21. The summed E-state index contributed by atoms with van der Waals surface area (Å²) in [6, 6.07) is 4.02. The molecule has 1 rings (SSSR count). The van der Waals surface area contributed by atoms with Crippen LogP contribution in [0.5, 0.6) is 0 Å². The SMILES string of the molecule is CC(=O)NC(=Cc1ccc(F)c(Br)c1)C(=O)O. The quantitative estimate of drug-likeness (QED) is 0.841. The lowest BCUT2D eigenvalue weighted by Gasteiger charge is -2.03. The highest BCUT2D eigenvalue weighted by molar-refractivity contribution is 9.10. The van der Waals surface area contributed by atoms with Crippen LogP contribution in [0, 0.1) is 5.82 Å². The standard InChI is InChI=1S/C11H9BrFNO3/c1-6(15)14-10(11(16)17)5-7-2-3-9(13)8(12)4-7/h2-5H,1H3,(H,14,15)(H,16,17). The van der Waals surface area contributed by atoms with Crippen molar-refractivity contribution in [2.24, 2.45) is 0 Å². The van der Waals surface area contributed by atoms with E-state index in [1.807, 2.05) is 0 Å². The minimum Gasteiger partial charge on any atom is -0.477 e. The van der Waals surface area contributed by atoms with Crippen molar-refractivity contribution in [3.05, 3.63) is 39.7 Å². The van der Waals surface area contributed by atoms with Gasteiger partial charge in [-0.3, -0.25) is 4.79 Å². The molecular weight excluding hydrogens is 293 g/mol. The first-order valence-electron chi connectivity index (χ1n) is 4.58. The summed E-state index contributed by atoms with van der Waals surface area (Å²) in [6.07, 6.45) is 1.24. The molecule has 90 valence electrons. The van der Waals surface area contributed by atoms with Gasteiger partial charge in [0, 0.05) is 6.92 Å². The molecule has 1 amide bonds. The van der Waals surface area contributed by atoms with Crippen molar-refractivity contribution in [1.82, 2.24) is 5.32 Å². The zero-order valence-corrected chi connectivity index (χ0v) is 10.4. The number of amides is 1. The minimum atomic E-state index is -1.26. The molecule has 0 spiro atoms. The Balaban J connectivity index is 3.08. The van der Waals surface area contributed by atoms with Crippen molar-refractivity contribution in [1.29, 1.82) is 0 Å². The zero-order valence-electron chi connectivity index (χ0n) is 8.83. The summed E-state index contributed by atoms with van der Waals surface area (Å²) < 4.78 is 13.2. The second kappa shape index (κ2) is 5.58. The summed E-state index contributed by atoms with van der Waals surface area (Å²) in [4.78, 5) is 21.6. The Hall–Kier alpha value is -1.69. The first-order valence-corrected chi connectivity index (χ1v) is 5.37. The molecule has 0 fully saturated rings. The van der Waals surface area contributed by atoms with Crippen LogP contribution in [0.4, 0.5) is 4.39 Å². The van der Waals surface area contributed by atoms with E-state index >= 15 is 0 Å². The monoisotopic (exact) mass is 301 g/mol. The molecule has 4 nitrogen and oxygen atoms in total. The number of carbonyl (C=O) groups is 2. The number of carbonyl (C=O) groups excluding carboxylic acids is 1. The molecule has 0 saturated heterocycles. The molecule has 0 heterocycles. The van der Waals surface area contributed by atoms with Crippen LogP contribution in [-0.2, 0) is 9.59 Å². The van der Waals surface area contributed by atoms with Gasteiger partial charge in [0.05, 0.1) is 4.47 Å². The van der Waals surface area contributed by atoms with Gasteiger partial charge in [-0.25, -0.2) is 9.18 Å². The highest BCUT2D eigenvalue weighted by Crippen LogP contribution is 2.18. The predicted octanol–water partition coefficient (Wildman–Crippen LogP) is 2.15. The third kappa shape index (κ3) is 3.99. The molecule has 2 N–H and O–H groups in total. The molecule has 1 aromatic carbocycles. The van der Waals surface area contributed by atoms with Gasteiger partial charge in [0.25, 0.3) is 0 Å². The maximum atomic E-state index is 13.0. The molecule has 17 heavy (non-hydrogen) atoms. The first-order chi connectivity index (χ1) is 7.90. The summed E-state index contributed by atoms with van der Waals surface area (Å²) in [7, 11) is 0. The van der Waals surface area contributed by atoms with Gasteiger partial charge in [-0.15, -0.1) is 0 Å². The van der Waals surface area contributed by atoms with Crippen LogP contribution < -0.4 is 5.32 Å². The van der Waals surface area contributed by atoms with Crippen molar-refractivity contribution < 1.29 is 19.1 Å². The van der Waals surface area contributed by atoms with Crippen LogP contribution in [-0.4, -0.2) is 17.0 Å². The molecule has 0 radical (unpaired) electrons. The second-order valence-electron chi connectivity index (χ2n) is 3.22. The molecule has 1 aromatic rings. The molecule has 6 heteroatoms. The van der Waals surface area contributed by atoms with Gasteiger partial charge in [0.15, 0.2) is 0 Å². The number of halogens is 2. The molecule has 0 unspecified atom stereocenters. The number of rotatable bonds is 3. The molecule has 0 aliphatic carbocycles. The van der Waals surface area contributed by atoms with Gasteiger partial charge in [-0.05, 0) is 39.7 Å². The number of benzene rings is 1. The Morgan fingerprint density at radius 2 is 2.12 bits per heavy atom. The summed E-state index contributed by atoms with van der Waals surface area (Å²) in [5, 5.41) is 11.0. The highest BCUT2D eigenvalue weighted by Gasteiger charge is 2.09. The molecule has 0 aliphatic rings. The predicted molar refractivity (Wildman–Crippen MR) is 63.5 cm³/mol. The number of carboxylic acid groups (broad SMARTS) is 1. The van der Waals surface area contributed by atoms with E-state index in [1.54, 1.807) is 0 Å². The van der Waals surface area contributed by atoms with E-state index in [0.717, 1.165) is 0 Å². The third-order valence-corrected chi connectivity index (χ3v) is 2.40. The molecule has 0 aromatic heterocycles. The van der Waals surface area contributed by atoms with Crippen LogP contribution in [0.1, 0.15) is 12.5 Å². The lowest BCUT2D eigenvalue weighted by Crippen LogP contribution is -2.24. The average Bonchev–Trinajstić information content (AvgIpc) is 2.21. The van der Waals surface area contributed by atoms with Gasteiger partial charge in [0.2, 0.25) is 5.91 Å². The fraction of sp³-hybridized carbons (Fsp3) is 0.0909. The van der Waals surface area contributed by atoms with Gasteiger partial charge in [0.1, 0.15) is 11.5 Å². The summed E-state index contributed by atoms with van der Waals surface area (Å²) >= 11 is 2.98. The fourth-order valence-corrected chi connectivity index (χ4v) is 1.51. The van der Waals surface area contributed by atoms with Crippen LogP contribution in [0.15, 0.2) is 28.4 Å². The largest absolute Gasteiger partial charge is 0.477 e. The van der Waals surface area contributed by atoms with Gasteiger partial charge >= 0.3 is 5.97 Å². The van der Waals surface area contributed by atoms with Crippen molar-refractivity contribution in [2.75, 3.05) is 0 Å². The van der Waals surface area contributed by atoms with Crippen molar-refractivity contribution in [3.63, 3.8) is 0 Å². The number of carboxylic acids is 1. The van der Waals surface area contributed by atoms with Gasteiger partial charge < -0.3 is 10.4 Å². The molecule has 0 saturated carbocycles. The maximum absolute atomic E-state index is 13.0. The van der Waals surface area contributed by atoms with Crippen molar-refractivity contribution >= 4 is 33.9 Å². The molecular formula is C11H9BrFNO3. The Morgan fingerprint density at radius 1 is 1.47 bits per heavy atom. The zero-order chi connectivity index (χ0) is 13.0. The fourth-order valence-electron chi connectivity index (χ4n) is 1.11. The lowest BCUT2D eigenvalue weighted by atomic mass is 10.2. The maximum Gasteiger partial charge on any atom is 0.352 e. The third-order valence-electron chi connectivity index (χ3n) is 1.80. The van der Waals surface area contributed by atoms with E-state index < -0.39 is 17.7 Å². The van der Waals surface area contributed by atoms with Crippen molar-refractivity contribution in [2.45, 2.75) is 6.92 Å². The molecule has 0 atom stereocenters. The van der Waals surface area contributed by atoms with Crippen molar-refractivity contribution in [3.8, 4) is 0 Å². The number of nitrogens with one attached hydrogen (secondary N) is 1. The van der Waals surface area contributed by atoms with Crippen LogP contribution in [0.25, 0.3) is 6.08 Å². The second-order valence-corrected chi connectivity index (χ2v) is 4.07. The summed E-state index contributed by atoms with van der Waals surface area (Å²) in [5.74, 6) is -2.20.